The summed E-state index contributed by atoms with van der Waals surface area (Å²) in [6.07, 6.45) is -6.28. The van der Waals surface area contributed by atoms with Crippen molar-refractivity contribution in [3.8, 4) is 28.6 Å². The van der Waals surface area contributed by atoms with Gasteiger partial charge in [0.2, 0.25) is 0 Å². The van der Waals surface area contributed by atoms with E-state index in [1.165, 1.54) is 13.0 Å². The smallest absolute Gasteiger partial charge is 0.416 e. The first kappa shape index (κ1) is 24.9. The first-order valence-electron chi connectivity index (χ1n) is 9.96. The molecule has 0 radical (unpaired) electrons. The number of aromatic nitrogens is 1. The number of alkyl halides is 3. The standard InChI is InChI=1S/C23H19F5N2O4/c1-2-19(22(31)32)34-21-18(25)10-17(24)20(30-21)33-16-8-14(7-15(9-16)23(26,27)28)13-5-3-4-12(6-13)11-29/h3-10,19H,2,11,29H2,1H3,(H,31,32). The lowest BCUT2D eigenvalue weighted by Crippen LogP contribution is -2.26. The van der Waals surface area contributed by atoms with E-state index < -0.39 is 53.0 Å². The molecule has 0 aliphatic heterocycles. The second-order valence-electron chi connectivity index (χ2n) is 7.17. The minimum atomic E-state index is -4.75. The zero-order valence-corrected chi connectivity index (χ0v) is 17.7. The van der Waals surface area contributed by atoms with Gasteiger partial charge < -0.3 is 20.3 Å². The zero-order valence-electron chi connectivity index (χ0n) is 17.7. The van der Waals surface area contributed by atoms with Gasteiger partial charge in [0.15, 0.2) is 17.7 Å². The molecule has 0 aliphatic rings. The predicted octanol–water partition coefficient (Wildman–Crippen LogP) is 5.54. The van der Waals surface area contributed by atoms with Crippen LogP contribution < -0.4 is 15.2 Å². The van der Waals surface area contributed by atoms with Gasteiger partial charge in [0.1, 0.15) is 5.75 Å². The summed E-state index contributed by atoms with van der Waals surface area (Å²) in [6.45, 7) is 1.63. The molecule has 0 saturated heterocycles. The average molecular weight is 482 g/mol. The van der Waals surface area contributed by atoms with Gasteiger partial charge in [-0.2, -0.15) is 18.2 Å². The quantitative estimate of drug-likeness (QED) is 0.410. The Morgan fingerprint density at radius 3 is 2.38 bits per heavy atom. The van der Waals surface area contributed by atoms with Crippen molar-refractivity contribution in [1.82, 2.24) is 4.98 Å². The zero-order chi connectivity index (χ0) is 25.0. The van der Waals surface area contributed by atoms with E-state index in [0.717, 1.165) is 6.07 Å². The molecule has 3 rings (SSSR count). The number of carboxylic acids is 1. The summed E-state index contributed by atoms with van der Waals surface area (Å²) in [4.78, 5) is 14.6. The molecule has 11 heteroatoms. The van der Waals surface area contributed by atoms with Gasteiger partial charge in [-0.05, 0) is 47.4 Å². The maximum atomic E-state index is 14.3. The third-order valence-corrected chi connectivity index (χ3v) is 4.71. The Morgan fingerprint density at radius 1 is 1.06 bits per heavy atom. The van der Waals surface area contributed by atoms with Gasteiger partial charge in [-0.25, -0.2) is 13.6 Å². The molecule has 0 spiro atoms. The van der Waals surface area contributed by atoms with E-state index in [1.807, 2.05) is 0 Å². The highest BCUT2D eigenvalue weighted by molar-refractivity contribution is 5.72. The number of hydrogen-bond acceptors (Lipinski definition) is 5. The summed E-state index contributed by atoms with van der Waals surface area (Å²) >= 11 is 0. The third kappa shape index (κ3) is 5.79. The maximum Gasteiger partial charge on any atom is 0.416 e. The van der Waals surface area contributed by atoms with Crippen molar-refractivity contribution in [2.45, 2.75) is 32.2 Å². The number of nitrogens with zero attached hydrogens (tertiary/aromatic N) is 1. The molecule has 0 amide bonds. The number of pyridine rings is 1. The summed E-state index contributed by atoms with van der Waals surface area (Å²) in [5, 5.41) is 9.07. The van der Waals surface area contributed by atoms with E-state index in [1.54, 1.807) is 24.3 Å². The van der Waals surface area contributed by atoms with Crippen LogP contribution >= 0.6 is 0 Å². The van der Waals surface area contributed by atoms with Crippen LogP contribution in [0.5, 0.6) is 17.5 Å². The van der Waals surface area contributed by atoms with Gasteiger partial charge in [-0.15, -0.1) is 0 Å². The fraction of sp³-hybridized carbons (Fsp3) is 0.217. The van der Waals surface area contributed by atoms with Gasteiger partial charge in [-0.1, -0.05) is 25.1 Å². The molecular weight excluding hydrogens is 463 g/mol. The van der Waals surface area contributed by atoms with Crippen LogP contribution in [0, 0.1) is 11.6 Å². The van der Waals surface area contributed by atoms with Crippen molar-refractivity contribution in [2.24, 2.45) is 5.73 Å². The molecule has 3 aromatic rings. The molecule has 3 N–H and O–H groups in total. The second kappa shape index (κ2) is 10.0. The fourth-order valence-corrected chi connectivity index (χ4v) is 3.01. The number of halogens is 5. The molecule has 1 heterocycles. The van der Waals surface area contributed by atoms with Gasteiger partial charge in [0.25, 0.3) is 11.8 Å². The maximum absolute atomic E-state index is 14.3. The van der Waals surface area contributed by atoms with Crippen molar-refractivity contribution in [2.75, 3.05) is 0 Å². The molecule has 180 valence electrons. The highest BCUT2D eigenvalue weighted by atomic mass is 19.4. The van der Waals surface area contributed by atoms with E-state index >= 15 is 0 Å². The van der Waals surface area contributed by atoms with Gasteiger partial charge in [-0.3, -0.25) is 0 Å². The minimum absolute atomic E-state index is 0.0527. The molecule has 0 aliphatic carbocycles. The molecule has 1 aromatic heterocycles. The molecule has 0 bridgehead atoms. The van der Waals surface area contributed by atoms with Crippen molar-refractivity contribution < 1.29 is 41.3 Å². The molecule has 1 unspecified atom stereocenters. The van der Waals surface area contributed by atoms with Crippen molar-refractivity contribution >= 4 is 5.97 Å². The van der Waals surface area contributed by atoms with Crippen LogP contribution in [0.4, 0.5) is 22.0 Å². The van der Waals surface area contributed by atoms with Crippen LogP contribution in [0.25, 0.3) is 11.1 Å². The van der Waals surface area contributed by atoms with Gasteiger partial charge in [0.05, 0.1) is 5.56 Å². The Morgan fingerprint density at radius 2 is 1.76 bits per heavy atom. The largest absolute Gasteiger partial charge is 0.479 e. The lowest BCUT2D eigenvalue weighted by Gasteiger charge is -2.16. The van der Waals surface area contributed by atoms with Crippen LogP contribution in [0.3, 0.4) is 0 Å². The fourth-order valence-electron chi connectivity index (χ4n) is 3.01. The number of hydrogen-bond donors (Lipinski definition) is 2. The summed E-state index contributed by atoms with van der Waals surface area (Å²) < 4.78 is 79.1. The van der Waals surface area contributed by atoms with Crippen LogP contribution in [-0.4, -0.2) is 22.2 Å². The molecule has 1 atom stereocenters. The Bertz CT molecular complexity index is 1200. The number of rotatable bonds is 8. The highest BCUT2D eigenvalue weighted by Crippen LogP contribution is 2.37. The average Bonchev–Trinajstić information content (AvgIpc) is 2.79. The first-order chi connectivity index (χ1) is 16.0. The predicted molar refractivity (Wildman–Crippen MR) is 111 cm³/mol. The van der Waals surface area contributed by atoms with Crippen LogP contribution in [0.15, 0.2) is 48.5 Å². The lowest BCUT2D eigenvalue weighted by molar-refractivity contribution is -0.145. The summed E-state index contributed by atoms with van der Waals surface area (Å²) in [5.74, 6) is -6.22. The topological polar surface area (TPSA) is 94.7 Å². The Hall–Kier alpha value is -3.73. The molecule has 0 fully saturated rings. The second-order valence-corrected chi connectivity index (χ2v) is 7.17. The molecule has 34 heavy (non-hydrogen) atoms. The minimum Gasteiger partial charge on any atom is -0.479 e. The van der Waals surface area contributed by atoms with Gasteiger partial charge >= 0.3 is 12.1 Å². The number of nitrogens with two attached hydrogens (primary N) is 1. The van der Waals surface area contributed by atoms with Crippen LogP contribution in [0.2, 0.25) is 0 Å². The van der Waals surface area contributed by atoms with Crippen molar-refractivity contribution in [3.63, 3.8) is 0 Å². The highest BCUT2D eigenvalue weighted by Gasteiger charge is 2.32. The Balaban J connectivity index is 2.04. The number of benzene rings is 2. The SMILES string of the molecule is CCC(Oc1nc(Oc2cc(-c3cccc(CN)c3)cc(C(F)(F)F)c2)c(F)cc1F)C(=O)O. The van der Waals surface area contributed by atoms with E-state index in [-0.39, 0.29) is 18.5 Å². The molecular formula is C23H19F5N2O4. The number of aliphatic carboxylic acids is 1. The Kier molecular flexibility index (Phi) is 7.35. The van der Waals surface area contributed by atoms with Crippen LogP contribution in [-0.2, 0) is 17.5 Å². The monoisotopic (exact) mass is 482 g/mol. The summed E-state index contributed by atoms with van der Waals surface area (Å²) in [7, 11) is 0. The van der Waals surface area contributed by atoms with Crippen LogP contribution in [0.1, 0.15) is 24.5 Å². The number of carbonyl (C=O) groups is 1. The summed E-state index contributed by atoms with van der Waals surface area (Å²) in [6, 6.07) is 9.58. The van der Waals surface area contributed by atoms with Crippen molar-refractivity contribution in [1.29, 1.82) is 0 Å². The molecule has 6 nitrogen and oxygen atoms in total. The number of ether oxygens (including phenoxy) is 2. The van der Waals surface area contributed by atoms with E-state index in [9.17, 15) is 26.7 Å². The summed E-state index contributed by atoms with van der Waals surface area (Å²) in [5.41, 5.74) is 5.71. The van der Waals surface area contributed by atoms with E-state index in [4.69, 9.17) is 20.3 Å². The van der Waals surface area contributed by atoms with E-state index in [2.05, 4.69) is 4.98 Å². The number of carboxylic acid groups (broad SMARTS) is 1. The van der Waals surface area contributed by atoms with Gasteiger partial charge in [0, 0.05) is 12.6 Å². The normalized spacial score (nSPS) is 12.3. The first-order valence-corrected chi connectivity index (χ1v) is 9.96. The van der Waals surface area contributed by atoms with Crippen molar-refractivity contribution in [3.05, 3.63) is 71.3 Å². The Labute approximate surface area is 190 Å². The lowest BCUT2D eigenvalue weighted by atomic mass is 10.0. The third-order valence-electron chi connectivity index (χ3n) is 4.71. The van der Waals surface area contributed by atoms with E-state index in [0.29, 0.717) is 23.3 Å². The molecule has 0 saturated carbocycles. The molecule has 2 aromatic carbocycles.